The number of hydrogen-bond acceptors (Lipinski definition) is 5. The van der Waals surface area contributed by atoms with E-state index in [1.54, 1.807) is 41.5 Å². The lowest BCUT2D eigenvalue weighted by Gasteiger charge is -2.41. The van der Waals surface area contributed by atoms with Gasteiger partial charge in [-0.2, -0.15) is 0 Å². The van der Waals surface area contributed by atoms with Gasteiger partial charge < -0.3 is 19.2 Å². The topological polar surface area (TPSA) is 81.0 Å². The molecule has 29 heavy (non-hydrogen) atoms. The van der Waals surface area contributed by atoms with Gasteiger partial charge in [-0.05, 0) is 49.9 Å². The van der Waals surface area contributed by atoms with E-state index >= 15 is 0 Å². The zero-order valence-electron chi connectivity index (χ0n) is 16.6. The molecule has 2 aromatic rings. The second-order valence-electron chi connectivity index (χ2n) is 7.51. The quantitative estimate of drug-likeness (QED) is 0.837. The van der Waals surface area contributed by atoms with Crippen molar-refractivity contribution in [2.45, 2.75) is 50.4 Å². The van der Waals surface area contributed by atoms with Gasteiger partial charge in [0.05, 0.1) is 32.1 Å². The third kappa shape index (κ3) is 3.74. The Balaban J connectivity index is 1.62. The van der Waals surface area contributed by atoms with Crippen molar-refractivity contribution in [3.63, 3.8) is 0 Å². The number of carbonyl (C=O) groups excluding carboxylic acids is 2. The van der Waals surface area contributed by atoms with E-state index in [0.29, 0.717) is 17.1 Å². The van der Waals surface area contributed by atoms with Crippen LogP contribution in [0.2, 0.25) is 0 Å². The molecule has 0 radical (unpaired) electrons. The minimum absolute atomic E-state index is 0.185. The number of para-hydroxylation sites is 1. The molecule has 1 atom stereocenters. The molecule has 1 N–H and O–H groups in total. The Labute approximate surface area is 170 Å². The first-order valence-corrected chi connectivity index (χ1v) is 10.1. The molecule has 7 heteroatoms. The molecule has 7 nitrogen and oxygen atoms in total. The van der Waals surface area contributed by atoms with Crippen LogP contribution in [0.5, 0.6) is 5.75 Å². The lowest BCUT2D eigenvalue weighted by Crippen LogP contribution is -2.56. The number of ether oxygens (including phenoxy) is 2. The minimum atomic E-state index is -0.733. The van der Waals surface area contributed by atoms with Gasteiger partial charge in [0.2, 0.25) is 5.91 Å². The first-order valence-electron chi connectivity index (χ1n) is 10.1. The van der Waals surface area contributed by atoms with E-state index < -0.39 is 11.8 Å². The fourth-order valence-corrected chi connectivity index (χ4v) is 4.33. The molecule has 1 aromatic heterocycles. The highest BCUT2D eigenvalue weighted by atomic mass is 16.5. The molecule has 2 aliphatic rings. The van der Waals surface area contributed by atoms with Gasteiger partial charge in [0.1, 0.15) is 23.3 Å². The monoisotopic (exact) mass is 398 g/mol. The summed E-state index contributed by atoms with van der Waals surface area (Å²) in [6.45, 7) is 0.455. The predicted molar refractivity (Wildman–Crippen MR) is 105 cm³/mol. The van der Waals surface area contributed by atoms with Gasteiger partial charge in [-0.25, -0.2) is 0 Å². The van der Waals surface area contributed by atoms with Crippen LogP contribution in [0.15, 0.2) is 47.1 Å². The number of rotatable bonds is 5. The van der Waals surface area contributed by atoms with Gasteiger partial charge in [-0.1, -0.05) is 18.6 Å². The van der Waals surface area contributed by atoms with Gasteiger partial charge in [0, 0.05) is 0 Å². The molecule has 4 rings (SSSR count). The molecule has 1 unspecified atom stereocenters. The van der Waals surface area contributed by atoms with Crippen molar-refractivity contribution in [2.75, 3.05) is 13.7 Å². The van der Waals surface area contributed by atoms with E-state index in [9.17, 15) is 9.59 Å². The van der Waals surface area contributed by atoms with Crippen LogP contribution in [0.25, 0.3) is 0 Å². The zero-order chi connectivity index (χ0) is 20.3. The van der Waals surface area contributed by atoms with Crippen LogP contribution in [0.1, 0.15) is 48.2 Å². The van der Waals surface area contributed by atoms with Gasteiger partial charge in [0.15, 0.2) is 0 Å². The molecule has 2 heterocycles. The van der Waals surface area contributed by atoms with E-state index in [1.807, 2.05) is 6.07 Å². The molecule has 1 saturated heterocycles. The Morgan fingerprint density at radius 1 is 1.17 bits per heavy atom. The number of methoxy groups -OCH3 is 1. The average molecular weight is 398 g/mol. The summed E-state index contributed by atoms with van der Waals surface area (Å²) in [7, 11) is 1.54. The number of hydrogen-bond donors (Lipinski definition) is 1. The number of benzene rings is 1. The minimum Gasteiger partial charge on any atom is -0.496 e. The van der Waals surface area contributed by atoms with Crippen LogP contribution in [0.3, 0.4) is 0 Å². The van der Waals surface area contributed by atoms with Crippen molar-refractivity contribution in [3.05, 3.63) is 54.0 Å². The second-order valence-corrected chi connectivity index (χ2v) is 7.51. The maximum atomic E-state index is 13.6. The van der Waals surface area contributed by atoms with E-state index in [4.69, 9.17) is 13.9 Å². The Bertz CT molecular complexity index is 858. The molecule has 1 spiro atoms. The largest absolute Gasteiger partial charge is 0.496 e. The van der Waals surface area contributed by atoms with E-state index in [1.165, 1.54) is 7.11 Å². The maximum absolute atomic E-state index is 13.6. The molecular formula is C22H26N2O5. The van der Waals surface area contributed by atoms with Gasteiger partial charge in [-0.3, -0.25) is 14.5 Å². The summed E-state index contributed by atoms with van der Waals surface area (Å²) in [4.78, 5) is 28.3. The normalized spacial score (nSPS) is 20.6. The van der Waals surface area contributed by atoms with Crippen molar-refractivity contribution in [3.8, 4) is 5.75 Å². The Morgan fingerprint density at radius 2 is 1.97 bits per heavy atom. The number of furan rings is 1. The summed E-state index contributed by atoms with van der Waals surface area (Å²) in [5.41, 5.74) is -0.294. The summed E-state index contributed by atoms with van der Waals surface area (Å²) < 4.78 is 16.8. The highest BCUT2D eigenvalue weighted by molar-refractivity contribution is 6.00. The van der Waals surface area contributed by atoms with Crippen LogP contribution < -0.4 is 10.1 Å². The van der Waals surface area contributed by atoms with Crippen molar-refractivity contribution >= 4 is 11.8 Å². The third-order valence-corrected chi connectivity index (χ3v) is 5.77. The van der Waals surface area contributed by atoms with Crippen LogP contribution in [0.4, 0.5) is 0 Å². The van der Waals surface area contributed by atoms with Gasteiger partial charge >= 0.3 is 0 Å². The lowest BCUT2D eigenvalue weighted by atomic mass is 9.89. The van der Waals surface area contributed by atoms with Crippen LogP contribution in [-0.2, 0) is 16.1 Å². The van der Waals surface area contributed by atoms with Crippen molar-refractivity contribution in [2.24, 2.45) is 0 Å². The number of nitrogens with zero attached hydrogens (tertiary/aromatic N) is 1. The molecule has 1 aliphatic heterocycles. The smallest absolute Gasteiger partial charge is 0.260 e. The van der Waals surface area contributed by atoms with E-state index in [-0.39, 0.29) is 25.0 Å². The number of amides is 2. The van der Waals surface area contributed by atoms with Crippen LogP contribution in [0, 0.1) is 0 Å². The van der Waals surface area contributed by atoms with Crippen LogP contribution >= 0.6 is 0 Å². The number of carbonyl (C=O) groups is 2. The van der Waals surface area contributed by atoms with Crippen molar-refractivity contribution in [1.29, 1.82) is 0 Å². The van der Waals surface area contributed by atoms with Crippen molar-refractivity contribution < 1.29 is 23.5 Å². The Morgan fingerprint density at radius 3 is 2.69 bits per heavy atom. The van der Waals surface area contributed by atoms with E-state index in [0.717, 1.165) is 32.1 Å². The fraction of sp³-hybridized carbons (Fsp3) is 0.455. The van der Waals surface area contributed by atoms with E-state index in [2.05, 4.69) is 5.32 Å². The standard InChI is InChI=1S/C22H26N2O5/c1-27-19-10-4-3-9-17(19)21(26)24-18(15-29-22(24)11-5-2-6-12-22)20(25)23-14-16-8-7-13-28-16/h3-4,7-10,13,18H,2,5-6,11-12,14-15H2,1H3,(H,23,25). The second kappa shape index (κ2) is 8.29. The SMILES string of the molecule is COc1ccccc1C(=O)N1C(C(=O)NCc2ccco2)COC12CCCCC2. The summed E-state index contributed by atoms with van der Waals surface area (Å²) >= 11 is 0. The van der Waals surface area contributed by atoms with Crippen LogP contribution in [-0.4, -0.2) is 42.2 Å². The molecule has 1 aromatic carbocycles. The summed E-state index contributed by atoms with van der Waals surface area (Å²) in [5, 5.41) is 2.88. The molecule has 0 bridgehead atoms. The summed E-state index contributed by atoms with van der Waals surface area (Å²) in [6, 6.07) is 9.98. The first-order chi connectivity index (χ1) is 14.1. The molecule has 2 fully saturated rings. The van der Waals surface area contributed by atoms with Crippen molar-refractivity contribution in [1.82, 2.24) is 10.2 Å². The highest BCUT2D eigenvalue weighted by Gasteiger charge is 2.53. The molecule has 2 amide bonds. The molecule has 1 saturated carbocycles. The Kier molecular flexibility index (Phi) is 5.58. The molecule has 1 aliphatic carbocycles. The highest BCUT2D eigenvalue weighted by Crippen LogP contribution is 2.42. The van der Waals surface area contributed by atoms with Gasteiger partial charge in [0.25, 0.3) is 5.91 Å². The lowest BCUT2D eigenvalue weighted by molar-refractivity contribution is -0.127. The van der Waals surface area contributed by atoms with Gasteiger partial charge in [-0.15, -0.1) is 0 Å². The summed E-state index contributed by atoms with van der Waals surface area (Å²) in [5.74, 6) is 0.671. The predicted octanol–water partition coefficient (Wildman–Crippen LogP) is 3.11. The molecule has 154 valence electrons. The summed E-state index contributed by atoms with van der Waals surface area (Å²) in [6.07, 6.45) is 6.07. The number of nitrogens with one attached hydrogen (secondary N) is 1. The third-order valence-electron chi connectivity index (χ3n) is 5.77. The molecular weight excluding hydrogens is 372 g/mol. The fourth-order valence-electron chi connectivity index (χ4n) is 4.33. The Hall–Kier alpha value is -2.80. The zero-order valence-corrected chi connectivity index (χ0v) is 16.6. The first kappa shape index (κ1) is 19.5. The average Bonchev–Trinajstić information content (AvgIpc) is 3.40. The maximum Gasteiger partial charge on any atom is 0.260 e.